The Morgan fingerprint density at radius 2 is 1.72 bits per heavy atom. The number of aromatic hydroxyl groups is 2. The van der Waals surface area contributed by atoms with Gasteiger partial charge >= 0.3 is 21.3 Å². The molecular formula is C28H31N9O15P2. The number of nitrogens with one attached hydrogen (secondary N) is 1. The molecule has 0 fully saturated rings. The highest BCUT2D eigenvalue weighted by atomic mass is 31.3. The van der Waals surface area contributed by atoms with Gasteiger partial charge < -0.3 is 45.1 Å². The highest BCUT2D eigenvalue weighted by molar-refractivity contribution is 7.61. The topological polar surface area (TPSA) is 356 Å². The zero-order chi connectivity index (χ0) is 39.3. The molecule has 2 aliphatic heterocycles. The van der Waals surface area contributed by atoms with E-state index in [4.69, 9.17) is 14.7 Å². The fraction of sp³-hybridized carbons (Fsp3) is 0.321. The van der Waals surface area contributed by atoms with Crippen molar-refractivity contribution in [2.75, 3.05) is 19.5 Å². The number of nitrogens with zero attached hydrogens (tertiary/aromatic N) is 7. The second-order valence-electron chi connectivity index (χ2n) is 11.6. The number of aryl methyl sites for hydroxylation is 2. The summed E-state index contributed by atoms with van der Waals surface area (Å²) in [5.41, 5.74) is 6.08. The first kappa shape index (κ1) is 38.6. The van der Waals surface area contributed by atoms with Gasteiger partial charge in [0.05, 0.1) is 24.2 Å². The van der Waals surface area contributed by atoms with Crippen molar-refractivity contribution in [3.05, 3.63) is 62.5 Å². The fourth-order valence-corrected chi connectivity index (χ4v) is 7.54. The molecule has 0 radical (unpaired) electrons. The number of aliphatic hydroxyl groups excluding tert-OH is 3. The Morgan fingerprint density at radius 1 is 1.00 bits per heavy atom. The molecule has 9 N–H and O–H groups in total. The van der Waals surface area contributed by atoms with Gasteiger partial charge in [0.15, 0.2) is 34.3 Å². The van der Waals surface area contributed by atoms with Gasteiger partial charge in [0.1, 0.15) is 37.6 Å². The number of H-pyrrole nitrogens is 1. The summed E-state index contributed by atoms with van der Waals surface area (Å²) < 4.78 is 52.5. The van der Waals surface area contributed by atoms with E-state index in [0.29, 0.717) is 5.52 Å². The molecule has 5 atom stereocenters. The zero-order valence-electron chi connectivity index (χ0n) is 28.1. The van der Waals surface area contributed by atoms with Crippen LogP contribution >= 0.6 is 15.6 Å². The lowest BCUT2D eigenvalue weighted by Crippen LogP contribution is -2.42. The van der Waals surface area contributed by atoms with Crippen LogP contribution < -0.4 is 17.0 Å². The van der Waals surface area contributed by atoms with E-state index in [1.54, 1.807) is 26.0 Å². The predicted molar refractivity (Wildman–Crippen MR) is 181 cm³/mol. The Morgan fingerprint density at radius 3 is 2.44 bits per heavy atom. The molecule has 6 rings (SSSR count). The van der Waals surface area contributed by atoms with Crippen molar-refractivity contribution in [2.45, 2.75) is 45.3 Å². The number of rotatable bonds is 14. The van der Waals surface area contributed by atoms with Gasteiger partial charge in [0, 0.05) is 7.11 Å². The van der Waals surface area contributed by atoms with Crippen molar-refractivity contribution in [1.82, 2.24) is 39.0 Å². The minimum absolute atomic E-state index is 0.0115. The van der Waals surface area contributed by atoms with Gasteiger partial charge in [-0.25, -0.2) is 38.4 Å². The van der Waals surface area contributed by atoms with Gasteiger partial charge in [-0.2, -0.15) is 9.29 Å². The zero-order valence-corrected chi connectivity index (χ0v) is 29.9. The molecule has 2 aliphatic rings. The lowest BCUT2D eigenvalue weighted by atomic mass is 10.1. The monoisotopic (exact) mass is 795 g/mol. The third kappa shape index (κ3) is 7.47. The Labute approximate surface area is 300 Å². The maximum Gasteiger partial charge on any atom is 0.483 e. The highest BCUT2D eigenvalue weighted by Gasteiger charge is 2.40. The summed E-state index contributed by atoms with van der Waals surface area (Å²) in [6.45, 7) is 0.839. The lowest BCUT2D eigenvalue weighted by Gasteiger charge is -2.26. The summed E-state index contributed by atoms with van der Waals surface area (Å²) in [4.78, 5) is 56.8. The number of phosphoric acid groups is 2. The largest absolute Gasteiger partial charge is 0.502 e. The Balaban J connectivity index is 1.12. The number of hydrogen-bond donors (Lipinski definition) is 8. The summed E-state index contributed by atoms with van der Waals surface area (Å²) in [6.07, 6.45) is -3.80. The molecule has 0 saturated carbocycles. The fourth-order valence-electron chi connectivity index (χ4n) is 5.16. The van der Waals surface area contributed by atoms with Gasteiger partial charge in [0.2, 0.25) is 11.5 Å². The predicted octanol–water partition coefficient (Wildman–Crippen LogP) is 0.104. The van der Waals surface area contributed by atoms with Crippen molar-refractivity contribution in [3.8, 4) is 28.9 Å². The van der Waals surface area contributed by atoms with Gasteiger partial charge in [-0.1, -0.05) is 0 Å². The van der Waals surface area contributed by atoms with Gasteiger partial charge in [-0.05, 0) is 37.1 Å². The second-order valence-corrected chi connectivity index (χ2v) is 15.0. The molecule has 24 nitrogen and oxygen atoms in total. The Hall–Kier alpha value is -5.13. The van der Waals surface area contributed by atoms with Crippen molar-refractivity contribution < 1.29 is 61.9 Å². The van der Waals surface area contributed by atoms with Crippen molar-refractivity contribution in [3.63, 3.8) is 0 Å². The standard InChI is InChI=1S/C28H31N9O15P2/c1-11-4-13-14(5-12(11)2)36(25-19(33-13)26(43)35-28(44)34-25)6-15(38)20(40)16(39)7-49-53(45,46)52-54(47,48-3)50-8-17-21(41)22(42)27(51-17)37-10-32-18-23(29)30-9-31-24(18)37/h4-5,9-10,15-16,20,38-42H,6-8H2,1-3H3,(H,45,46)(H2,29,30,31)(H,35,43,44). The molecule has 26 heteroatoms. The van der Waals surface area contributed by atoms with Crippen LogP contribution in [0.2, 0.25) is 0 Å². The molecule has 54 heavy (non-hydrogen) atoms. The lowest BCUT2D eigenvalue weighted by molar-refractivity contribution is -0.0793. The summed E-state index contributed by atoms with van der Waals surface area (Å²) >= 11 is 0. The van der Waals surface area contributed by atoms with E-state index >= 15 is 0 Å². The number of aromatic nitrogens is 8. The Kier molecular flexibility index (Phi) is 10.4. The average Bonchev–Trinajstić information content (AvgIpc) is 3.67. The maximum atomic E-state index is 13.1. The first-order valence-electron chi connectivity index (χ1n) is 15.3. The molecule has 0 saturated heterocycles. The normalized spacial score (nSPS) is 16.1. The number of anilines is 1. The summed E-state index contributed by atoms with van der Waals surface area (Å²) in [5.74, 6) is -2.90. The smallest absolute Gasteiger partial charge is 0.483 e. The van der Waals surface area contributed by atoms with E-state index in [9.17, 15) is 49.1 Å². The molecule has 288 valence electrons. The molecule has 0 spiro atoms. The molecule has 0 bridgehead atoms. The number of nitrogen functional groups attached to an aromatic ring is 1. The van der Waals surface area contributed by atoms with Gasteiger partial charge in [-0.3, -0.25) is 23.3 Å². The quantitative estimate of drug-likeness (QED) is 0.0535. The summed E-state index contributed by atoms with van der Waals surface area (Å²) in [5, 5.41) is 53.1. The summed E-state index contributed by atoms with van der Waals surface area (Å²) in [7, 11) is -9.73. The maximum absolute atomic E-state index is 13.1. The first-order valence-corrected chi connectivity index (χ1v) is 18.3. The van der Waals surface area contributed by atoms with Crippen LogP contribution in [0.1, 0.15) is 16.9 Å². The average molecular weight is 796 g/mol. The summed E-state index contributed by atoms with van der Waals surface area (Å²) in [6, 6.07) is 3.31. The van der Waals surface area contributed by atoms with Crippen molar-refractivity contribution in [2.24, 2.45) is 0 Å². The number of phosphoric ester groups is 2. The number of fused-ring (bicyclic) bond motifs is 3. The van der Waals surface area contributed by atoms with E-state index in [-0.39, 0.29) is 34.0 Å². The van der Waals surface area contributed by atoms with Crippen LogP contribution in [-0.2, 0) is 40.2 Å². The van der Waals surface area contributed by atoms with Crippen LogP contribution in [0.5, 0.6) is 11.5 Å². The van der Waals surface area contributed by atoms with Crippen LogP contribution in [0.15, 0.2) is 38.8 Å². The van der Waals surface area contributed by atoms with E-state index in [1.807, 2.05) is 4.98 Å². The first-order chi connectivity index (χ1) is 25.4. The third-order valence-electron chi connectivity index (χ3n) is 8.06. The number of imidazole rings is 1. The molecule has 5 heterocycles. The van der Waals surface area contributed by atoms with Gasteiger partial charge in [0.25, 0.3) is 11.4 Å². The molecule has 4 aromatic rings. The SMILES string of the molecule is COP(=O)(OCc1oc(-n2cnc3c(N)ncnc32)c(O)c1O)OP(=O)(O)OCC(O)C(O)C(O)Cn1c2nc(=O)[nH]c(=O)c-2nc2cc(C)c(C)cc21. The van der Waals surface area contributed by atoms with E-state index in [0.717, 1.165) is 35.5 Å². The number of benzene rings is 1. The molecule has 5 unspecified atom stereocenters. The van der Waals surface area contributed by atoms with Crippen LogP contribution in [0.25, 0.3) is 39.6 Å². The van der Waals surface area contributed by atoms with Crippen LogP contribution in [-0.4, -0.2) is 101 Å². The van der Waals surface area contributed by atoms with E-state index < -0.39 is 88.1 Å². The van der Waals surface area contributed by atoms with E-state index in [2.05, 4.69) is 38.3 Å². The van der Waals surface area contributed by atoms with E-state index in [1.165, 1.54) is 4.57 Å². The minimum atomic E-state index is -5.46. The van der Waals surface area contributed by atoms with Gasteiger partial charge in [-0.15, -0.1) is 0 Å². The second kappa shape index (κ2) is 14.6. The number of furan rings is 1. The number of hydrogen-bond acceptors (Lipinski definition) is 20. The van der Waals surface area contributed by atoms with Crippen LogP contribution in [0.3, 0.4) is 0 Å². The molecule has 1 aromatic carbocycles. The van der Waals surface area contributed by atoms with Crippen LogP contribution in [0, 0.1) is 13.8 Å². The molecule has 0 amide bonds. The number of nitrogens with two attached hydrogens (primary N) is 1. The minimum Gasteiger partial charge on any atom is -0.502 e. The third-order valence-corrected chi connectivity index (χ3v) is 11.1. The number of aliphatic hydroxyl groups is 3. The molecule has 3 aromatic heterocycles. The molecular weight excluding hydrogens is 764 g/mol. The van der Waals surface area contributed by atoms with Crippen LogP contribution in [0.4, 0.5) is 5.82 Å². The number of aromatic amines is 1. The van der Waals surface area contributed by atoms with Crippen molar-refractivity contribution >= 4 is 43.7 Å². The van der Waals surface area contributed by atoms with Crippen molar-refractivity contribution in [1.29, 1.82) is 0 Å². The molecule has 0 aliphatic carbocycles. The Bertz CT molecular complexity index is 2570. The highest BCUT2D eigenvalue weighted by Crippen LogP contribution is 2.63.